The summed E-state index contributed by atoms with van der Waals surface area (Å²) < 4.78 is 83.7. The van der Waals surface area contributed by atoms with Gasteiger partial charge >= 0.3 is 0 Å². The average Bonchev–Trinajstić information content (AvgIpc) is 0.872. The molecule has 27 heteroatoms. The van der Waals surface area contributed by atoms with Gasteiger partial charge in [0.25, 0.3) is 17.7 Å². The first kappa shape index (κ1) is 73.8. The Bertz CT molecular complexity index is 4680. The minimum absolute atomic E-state index is 0.0456. The molecular weight excluding hydrogens is 1390 g/mol. The largest absolute Gasteiger partial charge is 0.358 e. The normalized spacial score (nSPS) is 13.2. The monoisotopic (exact) mass is 1450 g/mol. The second-order valence-corrected chi connectivity index (χ2v) is 25.1. The lowest BCUT2D eigenvalue weighted by molar-refractivity contribution is 0.0980. The molecule has 102 heavy (non-hydrogen) atoms. The van der Waals surface area contributed by atoms with Gasteiger partial charge in [-0.05, 0) is 122 Å². The molecule has 5 N–H and O–H groups in total. The molecule has 2 saturated heterocycles. The summed E-state index contributed by atoms with van der Waals surface area (Å²) in [6.07, 6.45) is 8.48. The van der Waals surface area contributed by atoms with Gasteiger partial charge in [-0.2, -0.15) is 0 Å². The number of nitrogens with one attached hydrogen (secondary N) is 5. The molecule has 522 valence electrons. The van der Waals surface area contributed by atoms with Gasteiger partial charge in [-0.25, -0.2) is 41.3 Å². The molecule has 12 rings (SSSR count). The Morgan fingerprint density at radius 2 is 0.696 bits per heavy atom. The smallest absolute Gasteiger partial charge is 0.257 e. The van der Waals surface area contributed by atoms with Crippen LogP contribution in [0.3, 0.4) is 0 Å². The molecule has 0 spiro atoms. The minimum Gasteiger partial charge on any atom is -0.358 e. The van der Waals surface area contributed by atoms with Crippen molar-refractivity contribution in [2.75, 3.05) is 62.3 Å². The Hall–Kier alpha value is -11.0. The number of rotatable bonds is 18. The summed E-state index contributed by atoms with van der Waals surface area (Å²) in [6, 6.07) is 34.0. The quantitative estimate of drug-likeness (QED) is 0.0233. The minimum atomic E-state index is -1.20. The van der Waals surface area contributed by atoms with Crippen LogP contribution in [-0.2, 0) is 19.3 Å². The number of halogens is 9. The highest BCUT2D eigenvalue weighted by atomic mass is 35.5. The number of hydrogen-bond acceptors (Lipinski definition) is 13. The fraction of sp³-hybridized carbons (Fsp3) is 0.200. The zero-order valence-corrected chi connectivity index (χ0v) is 56.7. The summed E-state index contributed by atoms with van der Waals surface area (Å²) >= 11 is 17.4. The second-order valence-electron chi connectivity index (χ2n) is 23.8. The predicted octanol–water partition coefficient (Wildman–Crippen LogP) is 15.0. The molecule has 2 fully saturated rings. The van der Waals surface area contributed by atoms with Gasteiger partial charge in [0, 0.05) is 128 Å². The molecule has 0 atom stereocenters. The SMILES string of the molecule is CN1CCN=C1c1ccc(C(=O)Cc2cc(F)c(F)cc2C(=O)Nc2ccc(Cl)cn2)cc1.N=C(c1ccc(C(=O)Cc2cc(F)c(F)cc2C(=O)Nc2ccc(Cl)cn2)cc1)N1CCCC1.N=C(c1ccc(C(=O)Cc2cc(F)c(F)cc2C(=O)Nc2ccc(Cl)cn2)cc1)N1CCCCC1. The number of Topliss-reactive ketones (excluding diaryl/α,β-unsaturated/α-hetero) is 3. The first-order valence-electron chi connectivity index (χ1n) is 32.0. The molecule has 0 bridgehead atoms. The molecule has 3 aliphatic heterocycles. The van der Waals surface area contributed by atoms with E-state index in [1.165, 1.54) is 55.0 Å². The number of likely N-dealkylation sites (N-methyl/N-ethyl adjacent to an activating group) is 1. The van der Waals surface area contributed by atoms with Crippen molar-refractivity contribution in [1.82, 2.24) is 29.7 Å². The number of amidine groups is 3. The number of carbonyl (C=O) groups is 6. The van der Waals surface area contributed by atoms with E-state index < -0.39 is 52.6 Å². The van der Waals surface area contributed by atoms with Crippen molar-refractivity contribution < 1.29 is 55.1 Å². The van der Waals surface area contributed by atoms with Gasteiger partial charge in [-0.15, -0.1) is 0 Å². The lowest BCUT2D eigenvalue weighted by atomic mass is 9.97. The van der Waals surface area contributed by atoms with E-state index >= 15 is 0 Å². The van der Waals surface area contributed by atoms with Crippen molar-refractivity contribution >= 4 is 105 Å². The van der Waals surface area contributed by atoms with Crippen molar-refractivity contribution in [3.63, 3.8) is 0 Å². The summed E-state index contributed by atoms with van der Waals surface area (Å²) in [7, 11) is 1.94. The van der Waals surface area contributed by atoms with Crippen LogP contribution in [0.4, 0.5) is 43.8 Å². The molecule has 0 unspecified atom stereocenters. The number of benzene rings is 6. The van der Waals surface area contributed by atoms with Gasteiger partial charge in [0.2, 0.25) is 0 Å². The predicted molar refractivity (Wildman–Crippen MR) is 378 cm³/mol. The standard InChI is InChI=1S/C26H23ClF2N4O2.C25H21ClF2N4O2.C24H19ClF2N4O2/c27-19-8-9-24(31-15-19)32-26(35)20-14-22(29)21(28)12-18(20)13-23(34)16-4-6-17(7-5-16)25(30)33-10-2-1-3-11-33;26-18-7-8-23(30-14-18)31-25(34)19-13-21(28)20(27)11-17(19)12-22(33)15-3-5-16(6-4-15)24(29)32-9-1-2-10-32;1-31-9-8-28-23(31)15-4-2-14(3-5-15)21(32)11-16-10-19(26)20(27)12-18(16)24(33)30-22-7-6-17(25)13-29-22/h4-9,12,14-15,30H,1-3,10-11,13H2,(H,31,32,35);3-8,11,13-14,29H,1-2,9-10,12H2,(H,30,31,34);2-7,10,12-13H,8-9,11H2,1H3,(H,29,30,33). The van der Waals surface area contributed by atoms with Crippen molar-refractivity contribution in [1.29, 1.82) is 10.8 Å². The third-order valence-corrected chi connectivity index (χ3v) is 17.4. The van der Waals surface area contributed by atoms with Gasteiger partial charge in [-0.1, -0.05) is 108 Å². The molecule has 0 saturated carbocycles. The van der Waals surface area contributed by atoms with Crippen LogP contribution in [0, 0.1) is 45.7 Å². The van der Waals surface area contributed by atoms with Crippen LogP contribution < -0.4 is 16.0 Å². The molecule has 0 aliphatic carbocycles. The number of piperidine rings is 1. The van der Waals surface area contributed by atoms with Crippen LogP contribution in [0.2, 0.25) is 15.1 Å². The Morgan fingerprint density at radius 1 is 0.402 bits per heavy atom. The molecular formula is C75H63Cl3F6N12O6. The second kappa shape index (κ2) is 33.9. The van der Waals surface area contributed by atoms with Crippen LogP contribution in [0.15, 0.2) is 169 Å². The summed E-state index contributed by atoms with van der Waals surface area (Å²) in [5.74, 6) is -8.09. The molecule has 0 radical (unpaired) electrons. The molecule has 3 aliphatic rings. The van der Waals surface area contributed by atoms with Gasteiger partial charge in [-0.3, -0.25) is 44.6 Å². The third kappa shape index (κ3) is 19.1. The Kier molecular flexibility index (Phi) is 24.5. The highest BCUT2D eigenvalue weighted by Gasteiger charge is 2.26. The number of aromatic nitrogens is 3. The van der Waals surface area contributed by atoms with E-state index in [-0.39, 0.29) is 87.4 Å². The number of ketones is 3. The Morgan fingerprint density at radius 3 is 0.990 bits per heavy atom. The van der Waals surface area contributed by atoms with Crippen LogP contribution in [0.25, 0.3) is 0 Å². The van der Waals surface area contributed by atoms with E-state index in [0.29, 0.717) is 54.6 Å². The first-order valence-corrected chi connectivity index (χ1v) is 33.1. The number of carbonyl (C=O) groups excluding carboxylic acids is 6. The van der Waals surface area contributed by atoms with Gasteiger partial charge in [0.15, 0.2) is 52.3 Å². The van der Waals surface area contributed by atoms with Crippen LogP contribution in [-0.4, -0.2) is 129 Å². The maximum atomic E-state index is 14.0. The zero-order valence-electron chi connectivity index (χ0n) is 54.5. The van der Waals surface area contributed by atoms with Crippen molar-refractivity contribution in [2.24, 2.45) is 4.99 Å². The van der Waals surface area contributed by atoms with E-state index in [1.807, 2.05) is 21.7 Å². The van der Waals surface area contributed by atoms with E-state index in [4.69, 9.17) is 45.6 Å². The maximum Gasteiger partial charge on any atom is 0.257 e. The first-order chi connectivity index (χ1) is 48.9. The van der Waals surface area contributed by atoms with Crippen LogP contribution in [0.5, 0.6) is 0 Å². The number of nitrogens with zero attached hydrogens (tertiary/aromatic N) is 7. The number of anilines is 3. The number of pyridine rings is 3. The van der Waals surface area contributed by atoms with Crippen LogP contribution >= 0.6 is 34.8 Å². The third-order valence-electron chi connectivity index (χ3n) is 16.7. The van der Waals surface area contributed by atoms with E-state index in [0.717, 1.165) is 119 Å². The van der Waals surface area contributed by atoms with Gasteiger partial charge in [0.05, 0.1) is 21.6 Å². The lowest BCUT2D eigenvalue weighted by Crippen LogP contribution is -2.35. The van der Waals surface area contributed by atoms with E-state index in [1.54, 1.807) is 72.8 Å². The molecule has 6 heterocycles. The van der Waals surface area contributed by atoms with Crippen LogP contribution in [0.1, 0.15) is 128 Å². The zero-order chi connectivity index (χ0) is 72.7. The number of likely N-dealkylation sites (tertiary alicyclic amines) is 2. The lowest BCUT2D eigenvalue weighted by Gasteiger charge is -2.29. The fourth-order valence-electron chi connectivity index (χ4n) is 11.3. The van der Waals surface area contributed by atoms with Crippen molar-refractivity contribution in [2.45, 2.75) is 51.4 Å². The molecule has 18 nitrogen and oxygen atoms in total. The number of aliphatic imine (C=N–C) groups is 1. The van der Waals surface area contributed by atoms with Crippen molar-refractivity contribution in [3.8, 4) is 0 Å². The fourth-order valence-corrected chi connectivity index (χ4v) is 11.6. The number of hydrogen-bond donors (Lipinski definition) is 5. The number of amides is 3. The Balaban J connectivity index is 0.000000165. The average molecular weight is 1450 g/mol. The summed E-state index contributed by atoms with van der Waals surface area (Å²) in [4.78, 5) is 99.2. The van der Waals surface area contributed by atoms with Gasteiger partial charge < -0.3 is 30.7 Å². The van der Waals surface area contributed by atoms with E-state index in [9.17, 15) is 55.1 Å². The van der Waals surface area contributed by atoms with E-state index in [2.05, 4.69) is 35.9 Å². The maximum absolute atomic E-state index is 14.0. The topological polar surface area (TPSA) is 247 Å². The molecule has 9 aromatic rings. The highest BCUT2D eigenvalue weighted by molar-refractivity contribution is 6.31. The van der Waals surface area contributed by atoms with Crippen molar-refractivity contribution in [3.05, 3.63) is 281 Å². The Labute approximate surface area is 596 Å². The highest BCUT2D eigenvalue weighted by Crippen LogP contribution is 2.26. The summed E-state index contributed by atoms with van der Waals surface area (Å²) in [6.45, 7) is 4.91. The molecule has 3 aromatic heterocycles. The summed E-state index contributed by atoms with van der Waals surface area (Å²) in [5.41, 5.74) is 3.01. The summed E-state index contributed by atoms with van der Waals surface area (Å²) in [5, 5.41) is 25.3. The van der Waals surface area contributed by atoms with Gasteiger partial charge in [0.1, 0.15) is 35.0 Å². The molecule has 3 amide bonds. The molecule has 6 aromatic carbocycles.